The molecule has 6 nitrogen and oxygen atoms in total. The Hall–Kier alpha value is -3.16. The van der Waals surface area contributed by atoms with E-state index in [1.165, 1.54) is 12.1 Å². The Balaban J connectivity index is 1.56. The van der Waals surface area contributed by atoms with Gasteiger partial charge in [-0.2, -0.15) is 0 Å². The van der Waals surface area contributed by atoms with Gasteiger partial charge in [0.15, 0.2) is 6.10 Å². The molecule has 0 heterocycles. The van der Waals surface area contributed by atoms with Crippen LogP contribution in [0.3, 0.4) is 0 Å². The van der Waals surface area contributed by atoms with E-state index in [4.69, 9.17) is 4.74 Å². The zero-order valence-corrected chi connectivity index (χ0v) is 18.1. The number of ether oxygens (including phenoxy) is 1. The highest BCUT2D eigenvalue weighted by molar-refractivity contribution is 7.89. The molecule has 3 aromatic carbocycles. The Kier molecular flexibility index (Phi) is 7.81. The first-order valence-corrected chi connectivity index (χ1v) is 11.6. The summed E-state index contributed by atoms with van der Waals surface area (Å²) in [6.45, 7) is 2.17. The van der Waals surface area contributed by atoms with Crippen molar-refractivity contribution in [3.63, 3.8) is 0 Å². The zero-order valence-electron chi connectivity index (χ0n) is 17.3. The maximum absolute atomic E-state index is 12.5. The summed E-state index contributed by atoms with van der Waals surface area (Å²) in [5, 5.41) is 2.78. The summed E-state index contributed by atoms with van der Waals surface area (Å²) in [4.78, 5) is 12.7. The maximum Gasteiger partial charge on any atom is 0.265 e. The predicted octanol–water partition coefficient (Wildman–Crippen LogP) is 4.00. The molecule has 2 N–H and O–H groups in total. The summed E-state index contributed by atoms with van der Waals surface area (Å²) in [7, 11) is -3.62. The Morgan fingerprint density at radius 2 is 1.52 bits per heavy atom. The van der Waals surface area contributed by atoms with Gasteiger partial charge in [0.2, 0.25) is 10.0 Å². The molecule has 1 atom stereocenters. The van der Waals surface area contributed by atoms with E-state index < -0.39 is 16.1 Å². The van der Waals surface area contributed by atoms with Crippen LogP contribution in [0.2, 0.25) is 0 Å². The minimum absolute atomic E-state index is 0.145. The zero-order chi connectivity index (χ0) is 22.1. The summed E-state index contributed by atoms with van der Waals surface area (Å²) in [6, 6.07) is 24.9. The summed E-state index contributed by atoms with van der Waals surface area (Å²) in [6.07, 6.45) is 0.456. The second-order valence-electron chi connectivity index (χ2n) is 6.97. The van der Waals surface area contributed by atoms with Gasteiger partial charge in [-0.25, -0.2) is 13.1 Å². The molecule has 0 saturated heterocycles. The molecule has 0 radical (unpaired) electrons. The highest BCUT2D eigenvalue weighted by Gasteiger charge is 2.19. The van der Waals surface area contributed by atoms with Gasteiger partial charge in [-0.15, -0.1) is 0 Å². The van der Waals surface area contributed by atoms with E-state index in [1.807, 2.05) is 55.5 Å². The SMILES string of the molecule is CCC(Oc1ccccc1)C(=O)Nc1ccc(S(=O)(=O)NCCc2ccccc2)cc1. The van der Waals surface area contributed by atoms with Crippen molar-refractivity contribution in [1.29, 1.82) is 0 Å². The number of rotatable bonds is 10. The third-order valence-corrected chi connectivity index (χ3v) is 6.14. The molecule has 7 heteroatoms. The molecular formula is C24H26N2O4S. The molecule has 0 spiro atoms. The molecule has 1 amide bonds. The minimum atomic E-state index is -3.62. The lowest BCUT2D eigenvalue weighted by Crippen LogP contribution is -2.32. The van der Waals surface area contributed by atoms with E-state index in [0.717, 1.165) is 5.56 Å². The second-order valence-corrected chi connectivity index (χ2v) is 8.74. The van der Waals surface area contributed by atoms with E-state index in [0.29, 0.717) is 30.8 Å². The van der Waals surface area contributed by atoms with Crippen molar-refractivity contribution in [2.75, 3.05) is 11.9 Å². The van der Waals surface area contributed by atoms with E-state index in [9.17, 15) is 13.2 Å². The molecule has 0 aliphatic heterocycles. The van der Waals surface area contributed by atoms with Crippen LogP contribution >= 0.6 is 0 Å². The monoisotopic (exact) mass is 438 g/mol. The molecule has 0 bridgehead atoms. The Morgan fingerprint density at radius 1 is 0.903 bits per heavy atom. The van der Waals surface area contributed by atoms with Crippen LogP contribution in [0.1, 0.15) is 18.9 Å². The Morgan fingerprint density at radius 3 is 2.13 bits per heavy atom. The fourth-order valence-electron chi connectivity index (χ4n) is 2.98. The number of sulfonamides is 1. The van der Waals surface area contributed by atoms with Gasteiger partial charge in [-0.3, -0.25) is 4.79 Å². The normalized spacial score (nSPS) is 12.2. The lowest BCUT2D eigenvalue weighted by Gasteiger charge is -2.17. The first-order chi connectivity index (χ1) is 15.0. The van der Waals surface area contributed by atoms with Gasteiger partial charge in [-0.1, -0.05) is 55.5 Å². The Bertz CT molecular complexity index is 1070. The maximum atomic E-state index is 12.5. The van der Waals surface area contributed by atoms with Crippen LogP contribution in [0.5, 0.6) is 5.75 Å². The summed E-state index contributed by atoms with van der Waals surface area (Å²) >= 11 is 0. The molecule has 3 aromatic rings. The van der Waals surface area contributed by atoms with Crippen LogP contribution in [0.4, 0.5) is 5.69 Å². The molecule has 1 unspecified atom stereocenters. The number of amides is 1. The van der Waals surface area contributed by atoms with Crippen molar-refractivity contribution < 1.29 is 17.9 Å². The second kappa shape index (κ2) is 10.7. The average molecular weight is 439 g/mol. The fraction of sp³-hybridized carbons (Fsp3) is 0.208. The van der Waals surface area contributed by atoms with Crippen molar-refractivity contribution in [2.45, 2.75) is 30.8 Å². The number of anilines is 1. The average Bonchev–Trinajstić information content (AvgIpc) is 2.79. The molecule has 31 heavy (non-hydrogen) atoms. The molecule has 0 saturated carbocycles. The molecular weight excluding hydrogens is 412 g/mol. The van der Waals surface area contributed by atoms with E-state index in [1.54, 1.807) is 24.3 Å². The standard InChI is InChI=1S/C24H26N2O4S/c1-2-23(30-21-11-7-4-8-12-21)24(27)26-20-13-15-22(16-14-20)31(28,29)25-18-17-19-9-5-3-6-10-19/h3-16,23,25H,2,17-18H2,1H3,(H,26,27). The summed E-state index contributed by atoms with van der Waals surface area (Å²) in [5.41, 5.74) is 1.56. The predicted molar refractivity (Wildman–Crippen MR) is 122 cm³/mol. The van der Waals surface area contributed by atoms with Crippen LogP contribution < -0.4 is 14.8 Å². The van der Waals surface area contributed by atoms with Crippen LogP contribution in [0.15, 0.2) is 89.8 Å². The van der Waals surface area contributed by atoms with Crippen LogP contribution in [0.25, 0.3) is 0 Å². The van der Waals surface area contributed by atoms with Crippen LogP contribution in [-0.4, -0.2) is 27.0 Å². The Labute approximate surface area is 183 Å². The molecule has 0 fully saturated rings. The van der Waals surface area contributed by atoms with Gasteiger partial charge < -0.3 is 10.1 Å². The van der Waals surface area contributed by atoms with Crippen molar-refractivity contribution in [2.24, 2.45) is 0 Å². The topological polar surface area (TPSA) is 84.5 Å². The molecule has 0 aliphatic carbocycles. The van der Waals surface area contributed by atoms with Gasteiger partial charge in [0.25, 0.3) is 5.91 Å². The first kappa shape index (κ1) is 22.5. The lowest BCUT2D eigenvalue weighted by atomic mass is 10.2. The highest BCUT2D eigenvalue weighted by Crippen LogP contribution is 2.17. The number of nitrogens with one attached hydrogen (secondary N) is 2. The molecule has 162 valence electrons. The van der Waals surface area contributed by atoms with Gasteiger partial charge in [0.1, 0.15) is 5.75 Å². The first-order valence-electron chi connectivity index (χ1n) is 10.1. The van der Waals surface area contributed by atoms with Gasteiger partial charge in [0.05, 0.1) is 4.90 Å². The smallest absolute Gasteiger partial charge is 0.265 e. The number of carbonyl (C=O) groups is 1. The van der Waals surface area contributed by atoms with E-state index in [2.05, 4.69) is 10.0 Å². The van der Waals surface area contributed by atoms with E-state index >= 15 is 0 Å². The minimum Gasteiger partial charge on any atom is -0.481 e. The van der Waals surface area contributed by atoms with Gasteiger partial charge >= 0.3 is 0 Å². The number of para-hydroxylation sites is 1. The van der Waals surface area contributed by atoms with Crippen molar-refractivity contribution in [3.8, 4) is 5.75 Å². The fourth-order valence-corrected chi connectivity index (χ4v) is 4.02. The highest BCUT2D eigenvalue weighted by atomic mass is 32.2. The molecule has 0 aromatic heterocycles. The van der Waals surface area contributed by atoms with E-state index in [-0.39, 0.29) is 10.8 Å². The largest absolute Gasteiger partial charge is 0.481 e. The number of hydrogen-bond acceptors (Lipinski definition) is 4. The van der Waals surface area contributed by atoms with Crippen LogP contribution in [0, 0.1) is 0 Å². The number of hydrogen-bond donors (Lipinski definition) is 2. The van der Waals surface area contributed by atoms with Crippen molar-refractivity contribution in [3.05, 3.63) is 90.5 Å². The van der Waals surface area contributed by atoms with Crippen molar-refractivity contribution in [1.82, 2.24) is 4.72 Å². The molecule has 3 rings (SSSR count). The third kappa shape index (κ3) is 6.67. The van der Waals surface area contributed by atoms with Gasteiger partial charge in [0, 0.05) is 12.2 Å². The quantitative estimate of drug-likeness (QED) is 0.501. The van der Waals surface area contributed by atoms with Crippen molar-refractivity contribution >= 4 is 21.6 Å². The van der Waals surface area contributed by atoms with Crippen LogP contribution in [-0.2, 0) is 21.2 Å². The third-order valence-electron chi connectivity index (χ3n) is 4.67. The lowest BCUT2D eigenvalue weighted by molar-refractivity contribution is -0.122. The van der Waals surface area contributed by atoms with Gasteiger partial charge in [-0.05, 0) is 54.8 Å². The number of carbonyl (C=O) groups excluding carboxylic acids is 1. The summed E-state index contributed by atoms with van der Waals surface area (Å²) in [5.74, 6) is 0.329. The number of benzene rings is 3. The molecule has 0 aliphatic rings. The summed E-state index contributed by atoms with van der Waals surface area (Å²) < 4.78 is 33.3.